The molecule has 0 spiro atoms. The molecule has 0 radical (unpaired) electrons. The highest BCUT2D eigenvalue weighted by molar-refractivity contribution is 7.13. The monoisotopic (exact) mass is 307 g/mol. The fourth-order valence-corrected chi connectivity index (χ4v) is 2.20. The highest BCUT2D eigenvalue weighted by atomic mass is 32.1. The largest absolute Gasteiger partial charge is 0.466 e. The Hall–Kier alpha value is -2.40. The number of aryl methyl sites for hydroxylation is 1. The van der Waals surface area contributed by atoms with Crippen molar-refractivity contribution in [3.63, 3.8) is 0 Å². The van der Waals surface area contributed by atoms with Gasteiger partial charge >= 0.3 is 11.7 Å². The minimum Gasteiger partial charge on any atom is -0.466 e. The van der Waals surface area contributed by atoms with E-state index in [2.05, 4.69) is 5.10 Å². The van der Waals surface area contributed by atoms with E-state index in [-0.39, 0.29) is 25.5 Å². The number of esters is 1. The molecule has 2 rings (SSSR count). The summed E-state index contributed by atoms with van der Waals surface area (Å²) < 4.78 is 11.0. The topological polar surface area (TPSA) is 98.1 Å². The predicted molar refractivity (Wildman–Crippen MR) is 74.5 cm³/mol. The summed E-state index contributed by atoms with van der Waals surface area (Å²) >= 11 is 1.41. The number of hydrogen-bond donors (Lipinski definition) is 0. The van der Waals surface area contributed by atoms with Crippen LogP contribution in [-0.2, 0) is 16.1 Å². The SMILES string of the molecule is N#CCCCOC(=O)CCn1nc(-c2cccs2)oc1=O. The van der Waals surface area contributed by atoms with Crippen molar-refractivity contribution in [3.05, 3.63) is 28.1 Å². The van der Waals surface area contributed by atoms with Crippen LogP contribution in [-0.4, -0.2) is 22.4 Å². The Morgan fingerprint density at radius 2 is 2.43 bits per heavy atom. The number of hydrogen-bond acceptors (Lipinski definition) is 7. The summed E-state index contributed by atoms with van der Waals surface area (Å²) in [5, 5.41) is 14.2. The minimum atomic E-state index is -0.601. The highest BCUT2D eigenvalue weighted by Crippen LogP contribution is 2.20. The lowest BCUT2D eigenvalue weighted by atomic mass is 10.3. The van der Waals surface area contributed by atoms with E-state index in [1.165, 1.54) is 11.3 Å². The first kappa shape index (κ1) is 15.0. The number of nitrogens with zero attached hydrogens (tertiary/aromatic N) is 3. The van der Waals surface area contributed by atoms with Crippen molar-refractivity contribution in [2.45, 2.75) is 25.8 Å². The molecule has 0 aliphatic carbocycles. The molecular formula is C13H13N3O4S. The number of carbonyl (C=O) groups is 1. The summed E-state index contributed by atoms with van der Waals surface area (Å²) in [6, 6.07) is 5.59. The predicted octanol–water partition coefficient (Wildman–Crippen LogP) is 1.80. The quantitative estimate of drug-likeness (QED) is 0.571. The first-order chi connectivity index (χ1) is 10.2. The average Bonchev–Trinajstić information content (AvgIpc) is 3.11. The van der Waals surface area contributed by atoms with Crippen molar-refractivity contribution in [2.75, 3.05) is 6.61 Å². The summed E-state index contributed by atoms with van der Waals surface area (Å²) in [5.41, 5.74) is 0. The third kappa shape index (κ3) is 4.29. The molecule has 21 heavy (non-hydrogen) atoms. The van der Waals surface area contributed by atoms with E-state index in [0.717, 1.165) is 9.56 Å². The fraction of sp³-hybridized carbons (Fsp3) is 0.385. The van der Waals surface area contributed by atoms with Gasteiger partial charge in [-0.15, -0.1) is 16.4 Å². The molecule has 0 saturated heterocycles. The third-order valence-corrected chi connectivity index (χ3v) is 3.42. The molecule has 8 heteroatoms. The van der Waals surface area contributed by atoms with Crippen molar-refractivity contribution < 1.29 is 13.9 Å². The van der Waals surface area contributed by atoms with Crippen LogP contribution in [0.5, 0.6) is 0 Å². The molecule has 0 atom stereocenters. The van der Waals surface area contributed by atoms with Crippen LogP contribution in [0.4, 0.5) is 0 Å². The smallest absolute Gasteiger partial charge is 0.437 e. The van der Waals surface area contributed by atoms with Crippen LogP contribution in [0.25, 0.3) is 10.8 Å². The molecule has 7 nitrogen and oxygen atoms in total. The third-order valence-electron chi connectivity index (χ3n) is 2.56. The molecule has 0 aromatic carbocycles. The molecule has 2 aromatic rings. The van der Waals surface area contributed by atoms with Gasteiger partial charge < -0.3 is 9.15 Å². The van der Waals surface area contributed by atoms with Crippen LogP contribution < -0.4 is 5.76 Å². The van der Waals surface area contributed by atoms with Gasteiger partial charge in [-0.05, 0) is 17.9 Å². The van der Waals surface area contributed by atoms with Gasteiger partial charge in [-0.1, -0.05) is 6.07 Å². The van der Waals surface area contributed by atoms with Gasteiger partial charge in [0.15, 0.2) is 0 Å². The van der Waals surface area contributed by atoms with Crippen LogP contribution >= 0.6 is 11.3 Å². The van der Waals surface area contributed by atoms with Crippen LogP contribution in [0.1, 0.15) is 19.3 Å². The lowest BCUT2D eigenvalue weighted by Crippen LogP contribution is -2.19. The second-order valence-corrected chi connectivity index (χ2v) is 5.05. The van der Waals surface area contributed by atoms with Crippen molar-refractivity contribution >= 4 is 17.3 Å². The Morgan fingerprint density at radius 1 is 1.57 bits per heavy atom. The normalized spacial score (nSPS) is 10.2. The zero-order valence-electron chi connectivity index (χ0n) is 11.2. The van der Waals surface area contributed by atoms with E-state index in [1.807, 2.05) is 17.5 Å². The van der Waals surface area contributed by atoms with Gasteiger partial charge in [0.25, 0.3) is 5.89 Å². The van der Waals surface area contributed by atoms with E-state index < -0.39 is 11.7 Å². The Balaban J connectivity index is 1.85. The second-order valence-electron chi connectivity index (χ2n) is 4.11. The maximum absolute atomic E-state index is 11.6. The maximum atomic E-state index is 11.6. The molecule has 0 aliphatic rings. The van der Waals surface area contributed by atoms with Crippen LogP contribution in [0.3, 0.4) is 0 Å². The molecule has 2 aromatic heterocycles. The first-order valence-corrected chi connectivity index (χ1v) is 7.23. The fourth-order valence-electron chi connectivity index (χ4n) is 1.55. The summed E-state index contributed by atoms with van der Waals surface area (Å²) in [7, 11) is 0. The standard InChI is InChI=1S/C13H13N3O4S/c14-6-1-2-8-19-11(17)5-7-16-13(18)20-12(15-16)10-4-3-9-21-10/h3-4,9H,1-2,5,7-8H2. The maximum Gasteiger partial charge on any atom is 0.437 e. The number of ether oxygens (including phenoxy) is 1. The van der Waals surface area contributed by atoms with E-state index in [9.17, 15) is 9.59 Å². The zero-order valence-corrected chi connectivity index (χ0v) is 12.0. The van der Waals surface area contributed by atoms with Crippen LogP contribution in [0, 0.1) is 11.3 Å². The molecule has 0 bridgehead atoms. The summed E-state index contributed by atoms with van der Waals surface area (Å²) in [6.45, 7) is 0.311. The number of rotatable bonds is 7. The van der Waals surface area contributed by atoms with E-state index in [4.69, 9.17) is 14.4 Å². The van der Waals surface area contributed by atoms with Gasteiger partial charge in [-0.25, -0.2) is 4.79 Å². The van der Waals surface area contributed by atoms with Gasteiger partial charge in [0.05, 0.1) is 30.5 Å². The first-order valence-electron chi connectivity index (χ1n) is 6.35. The van der Waals surface area contributed by atoms with E-state index in [1.54, 1.807) is 6.07 Å². The molecular weight excluding hydrogens is 294 g/mol. The summed E-state index contributed by atoms with van der Waals surface area (Å²) in [6.07, 6.45) is 0.887. The number of aromatic nitrogens is 2. The van der Waals surface area contributed by atoms with Crippen molar-refractivity contribution in [1.29, 1.82) is 5.26 Å². The number of thiophene rings is 1. The van der Waals surface area contributed by atoms with Crippen molar-refractivity contribution in [3.8, 4) is 16.8 Å². The number of unbranched alkanes of at least 4 members (excludes halogenated alkanes) is 1. The second kappa shape index (κ2) is 7.40. The van der Waals surface area contributed by atoms with E-state index >= 15 is 0 Å². The molecule has 0 unspecified atom stereocenters. The molecule has 2 heterocycles. The van der Waals surface area contributed by atoms with Gasteiger partial charge in [-0.2, -0.15) is 9.94 Å². The highest BCUT2D eigenvalue weighted by Gasteiger charge is 2.12. The molecule has 0 fully saturated rings. The molecule has 0 saturated carbocycles. The Morgan fingerprint density at radius 3 is 3.14 bits per heavy atom. The lowest BCUT2D eigenvalue weighted by Gasteiger charge is -2.02. The average molecular weight is 307 g/mol. The molecule has 0 aliphatic heterocycles. The molecule has 0 amide bonds. The number of carbonyl (C=O) groups excluding carboxylic acids is 1. The van der Waals surface area contributed by atoms with Crippen molar-refractivity contribution in [1.82, 2.24) is 9.78 Å². The lowest BCUT2D eigenvalue weighted by molar-refractivity contribution is -0.144. The van der Waals surface area contributed by atoms with Gasteiger partial charge in [0.2, 0.25) is 0 Å². The van der Waals surface area contributed by atoms with E-state index in [0.29, 0.717) is 12.8 Å². The van der Waals surface area contributed by atoms with Crippen LogP contribution in [0.15, 0.2) is 26.7 Å². The molecule has 110 valence electrons. The Bertz CT molecular complexity index is 681. The summed E-state index contributed by atoms with van der Waals surface area (Å²) in [4.78, 5) is 23.8. The van der Waals surface area contributed by atoms with Crippen LogP contribution in [0.2, 0.25) is 0 Å². The minimum absolute atomic E-state index is 0.0306. The van der Waals surface area contributed by atoms with Gasteiger partial charge in [0, 0.05) is 6.42 Å². The Kier molecular flexibility index (Phi) is 5.29. The van der Waals surface area contributed by atoms with Gasteiger partial charge in [-0.3, -0.25) is 4.79 Å². The number of nitriles is 1. The van der Waals surface area contributed by atoms with Crippen molar-refractivity contribution in [2.24, 2.45) is 0 Å². The zero-order chi connectivity index (χ0) is 15.1. The Labute approximate surface area is 124 Å². The molecule has 0 N–H and O–H groups in total. The van der Waals surface area contributed by atoms with Gasteiger partial charge in [0.1, 0.15) is 0 Å². The summed E-state index contributed by atoms with van der Waals surface area (Å²) in [5.74, 6) is -0.784.